The summed E-state index contributed by atoms with van der Waals surface area (Å²) in [6.07, 6.45) is 1.62. The predicted octanol–water partition coefficient (Wildman–Crippen LogP) is 4.59. The summed E-state index contributed by atoms with van der Waals surface area (Å²) in [5.74, 6) is 1.13. The molecule has 0 fully saturated rings. The minimum atomic E-state index is 0.470. The normalized spacial score (nSPS) is 10.5. The number of hydrogen-bond acceptors (Lipinski definition) is 5. The molecule has 0 bridgehead atoms. The lowest BCUT2D eigenvalue weighted by Crippen LogP contribution is -2.04. The number of hydrogen-bond donors (Lipinski definition) is 2. The molecule has 2 aromatic carbocycles. The summed E-state index contributed by atoms with van der Waals surface area (Å²) in [5.41, 5.74) is 6.72. The van der Waals surface area contributed by atoms with E-state index in [9.17, 15) is 0 Å². The maximum absolute atomic E-state index is 4.50. The minimum absolute atomic E-state index is 0.470. The second-order valence-electron chi connectivity index (χ2n) is 6.05. The highest BCUT2D eigenvalue weighted by Gasteiger charge is 2.05. The average molecular weight is 319 g/mol. The van der Waals surface area contributed by atoms with Crippen molar-refractivity contribution in [2.45, 2.75) is 27.7 Å². The molecule has 0 atom stereocenters. The summed E-state index contributed by atoms with van der Waals surface area (Å²) >= 11 is 0. The Labute approximate surface area is 142 Å². The first-order chi connectivity index (χ1) is 11.5. The Kier molecular flexibility index (Phi) is 4.42. The number of anilines is 4. The second-order valence-corrected chi connectivity index (χ2v) is 6.05. The summed E-state index contributed by atoms with van der Waals surface area (Å²) in [4.78, 5) is 4.50. The molecule has 24 heavy (non-hydrogen) atoms. The van der Waals surface area contributed by atoms with E-state index >= 15 is 0 Å². The van der Waals surface area contributed by atoms with Gasteiger partial charge in [-0.2, -0.15) is 10.1 Å². The Morgan fingerprint density at radius 1 is 0.750 bits per heavy atom. The molecule has 0 saturated heterocycles. The van der Waals surface area contributed by atoms with Crippen molar-refractivity contribution in [1.29, 1.82) is 0 Å². The highest BCUT2D eigenvalue weighted by atomic mass is 15.3. The molecule has 0 saturated carbocycles. The van der Waals surface area contributed by atoms with Crippen LogP contribution in [0.4, 0.5) is 23.1 Å². The van der Waals surface area contributed by atoms with Crippen molar-refractivity contribution in [2.24, 2.45) is 0 Å². The molecule has 1 aromatic heterocycles. The Hall–Kier alpha value is -2.95. The molecular weight excluding hydrogens is 298 g/mol. The molecule has 3 rings (SSSR count). The van der Waals surface area contributed by atoms with Gasteiger partial charge in [-0.25, -0.2) is 0 Å². The van der Waals surface area contributed by atoms with Gasteiger partial charge in [0.25, 0.3) is 0 Å². The third-order valence-corrected chi connectivity index (χ3v) is 3.84. The van der Waals surface area contributed by atoms with Gasteiger partial charge in [0.1, 0.15) is 0 Å². The highest BCUT2D eigenvalue weighted by Crippen LogP contribution is 2.22. The van der Waals surface area contributed by atoms with Gasteiger partial charge in [0, 0.05) is 11.4 Å². The van der Waals surface area contributed by atoms with Crippen LogP contribution >= 0.6 is 0 Å². The van der Waals surface area contributed by atoms with Gasteiger partial charge < -0.3 is 10.6 Å². The quantitative estimate of drug-likeness (QED) is 0.736. The number of aryl methyl sites for hydroxylation is 4. The topological polar surface area (TPSA) is 62.7 Å². The summed E-state index contributed by atoms with van der Waals surface area (Å²) in [6.45, 7) is 8.26. The van der Waals surface area contributed by atoms with E-state index in [1.165, 1.54) is 11.1 Å². The first-order valence-electron chi connectivity index (χ1n) is 7.89. The van der Waals surface area contributed by atoms with E-state index in [1.54, 1.807) is 6.20 Å². The van der Waals surface area contributed by atoms with Crippen molar-refractivity contribution >= 4 is 23.1 Å². The predicted molar refractivity (Wildman–Crippen MR) is 98.2 cm³/mol. The van der Waals surface area contributed by atoms with Crippen LogP contribution in [0.5, 0.6) is 0 Å². The van der Waals surface area contributed by atoms with Crippen LogP contribution in [-0.4, -0.2) is 15.2 Å². The van der Waals surface area contributed by atoms with Crippen LogP contribution in [0.25, 0.3) is 0 Å². The van der Waals surface area contributed by atoms with Crippen LogP contribution in [0.2, 0.25) is 0 Å². The molecule has 0 spiro atoms. The van der Waals surface area contributed by atoms with E-state index in [-0.39, 0.29) is 0 Å². The molecule has 5 nitrogen and oxygen atoms in total. The Morgan fingerprint density at radius 3 is 2.29 bits per heavy atom. The number of nitrogens with zero attached hydrogens (tertiary/aromatic N) is 3. The Balaban J connectivity index is 1.82. The molecule has 5 heteroatoms. The number of nitrogens with one attached hydrogen (secondary N) is 2. The summed E-state index contributed by atoms with van der Waals surface area (Å²) in [6, 6.07) is 12.5. The maximum atomic E-state index is 4.50. The summed E-state index contributed by atoms with van der Waals surface area (Å²) in [5, 5.41) is 14.6. The molecule has 0 radical (unpaired) electrons. The zero-order valence-electron chi connectivity index (χ0n) is 14.4. The van der Waals surface area contributed by atoms with Gasteiger partial charge in [0.2, 0.25) is 5.95 Å². The van der Waals surface area contributed by atoms with Gasteiger partial charge in [-0.05, 0) is 56.5 Å². The standard InChI is InChI=1S/C19H21N5/c1-12-6-8-16(15(4)9-12)22-19-23-18(11-20-24-19)21-17-10-13(2)5-7-14(17)3/h5-11H,1-4H3,(H2,21,22,23,24). The van der Waals surface area contributed by atoms with Gasteiger partial charge in [-0.15, -0.1) is 5.10 Å². The average Bonchev–Trinajstić information content (AvgIpc) is 2.54. The third kappa shape index (κ3) is 3.68. The Bertz CT molecular complexity index is 873. The first kappa shape index (κ1) is 15.9. The van der Waals surface area contributed by atoms with Crippen LogP contribution in [0.15, 0.2) is 42.6 Å². The molecule has 0 aliphatic rings. The monoisotopic (exact) mass is 319 g/mol. The maximum Gasteiger partial charge on any atom is 0.249 e. The molecule has 0 unspecified atom stereocenters. The zero-order valence-corrected chi connectivity index (χ0v) is 14.4. The molecule has 1 heterocycles. The number of rotatable bonds is 4. The van der Waals surface area contributed by atoms with Gasteiger partial charge in [-0.1, -0.05) is 29.8 Å². The number of benzene rings is 2. The van der Waals surface area contributed by atoms with Crippen LogP contribution in [0.3, 0.4) is 0 Å². The van der Waals surface area contributed by atoms with Gasteiger partial charge in [-0.3, -0.25) is 0 Å². The molecule has 0 aliphatic carbocycles. The van der Waals surface area contributed by atoms with Crippen molar-refractivity contribution in [3.8, 4) is 0 Å². The van der Waals surface area contributed by atoms with E-state index < -0.39 is 0 Å². The fourth-order valence-electron chi connectivity index (χ4n) is 2.50. The van der Waals surface area contributed by atoms with Crippen LogP contribution in [0, 0.1) is 27.7 Å². The molecule has 122 valence electrons. The van der Waals surface area contributed by atoms with Gasteiger partial charge in [0.15, 0.2) is 5.82 Å². The van der Waals surface area contributed by atoms with Crippen molar-refractivity contribution in [3.63, 3.8) is 0 Å². The van der Waals surface area contributed by atoms with Crippen LogP contribution in [0.1, 0.15) is 22.3 Å². The smallest absolute Gasteiger partial charge is 0.249 e. The van der Waals surface area contributed by atoms with Crippen molar-refractivity contribution in [2.75, 3.05) is 10.6 Å². The lowest BCUT2D eigenvalue weighted by molar-refractivity contribution is 0.981. The first-order valence-corrected chi connectivity index (χ1v) is 7.89. The van der Waals surface area contributed by atoms with E-state index in [4.69, 9.17) is 0 Å². The second kappa shape index (κ2) is 6.66. The van der Waals surface area contributed by atoms with Gasteiger partial charge >= 0.3 is 0 Å². The lowest BCUT2D eigenvalue weighted by Gasteiger charge is -2.11. The van der Waals surface area contributed by atoms with Crippen molar-refractivity contribution < 1.29 is 0 Å². The molecule has 3 aromatic rings. The molecule has 0 amide bonds. The fraction of sp³-hybridized carbons (Fsp3) is 0.211. The molecule has 2 N–H and O–H groups in total. The van der Waals surface area contributed by atoms with E-state index in [1.807, 2.05) is 6.07 Å². The van der Waals surface area contributed by atoms with E-state index in [0.717, 1.165) is 22.5 Å². The lowest BCUT2D eigenvalue weighted by atomic mass is 10.1. The zero-order chi connectivity index (χ0) is 17.1. The van der Waals surface area contributed by atoms with Crippen molar-refractivity contribution in [1.82, 2.24) is 15.2 Å². The minimum Gasteiger partial charge on any atom is -0.339 e. The van der Waals surface area contributed by atoms with E-state index in [0.29, 0.717) is 11.8 Å². The molecule has 0 aliphatic heterocycles. The number of aromatic nitrogens is 3. The van der Waals surface area contributed by atoms with Crippen molar-refractivity contribution in [3.05, 3.63) is 64.8 Å². The summed E-state index contributed by atoms with van der Waals surface area (Å²) < 4.78 is 0. The largest absolute Gasteiger partial charge is 0.339 e. The van der Waals surface area contributed by atoms with Gasteiger partial charge in [0.05, 0.1) is 6.20 Å². The third-order valence-electron chi connectivity index (χ3n) is 3.84. The van der Waals surface area contributed by atoms with Crippen LogP contribution < -0.4 is 10.6 Å². The van der Waals surface area contributed by atoms with E-state index in [2.05, 4.69) is 83.8 Å². The highest BCUT2D eigenvalue weighted by molar-refractivity contribution is 5.63. The summed E-state index contributed by atoms with van der Waals surface area (Å²) in [7, 11) is 0. The Morgan fingerprint density at radius 2 is 1.50 bits per heavy atom. The molecular formula is C19H21N5. The fourth-order valence-corrected chi connectivity index (χ4v) is 2.50. The van der Waals surface area contributed by atoms with Crippen LogP contribution in [-0.2, 0) is 0 Å². The SMILES string of the molecule is Cc1ccc(Nc2nncc(Nc3cc(C)ccc3C)n2)c(C)c1.